The molecule has 1 fully saturated rings. The Bertz CT molecular complexity index is 1300. The van der Waals surface area contributed by atoms with Gasteiger partial charge in [-0.25, -0.2) is 9.37 Å². The molecule has 1 aliphatic heterocycles. The smallest absolute Gasteiger partial charge is 0.236 e. The number of fused-ring (bicyclic) bond motifs is 1. The molecule has 2 heterocycles. The van der Waals surface area contributed by atoms with Crippen LogP contribution in [0, 0.1) is 11.7 Å². The van der Waals surface area contributed by atoms with E-state index in [1.807, 2.05) is 32.0 Å². The van der Waals surface area contributed by atoms with E-state index in [1.165, 1.54) is 0 Å². The molecule has 0 atom stereocenters. The predicted molar refractivity (Wildman–Crippen MR) is 129 cm³/mol. The van der Waals surface area contributed by atoms with E-state index in [2.05, 4.69) is 25.9 Å². The lowest BCUT2D eigenvalue weighted by Gasteiger charge is -2.16. The highest BCUT2D eigenvalue weighted by molar-refractivity contribution is 6.07. The van der Waals surface area contributed by atoms with Gasteiger partial charge in [0, 0.05) is 24.3 Å². The third-order valence-corrected chi connectivity index (χ3v) is 6.26. The summed E-state index contributed by atoms with van der Waals surface area (Å²) in [5.74, 6) is -0.434. The highest BCUT2D eigenvalue weighted by Gasteiger charge is 2.42. The molecule has 1 saturated carbocycles. The number of likely N-dealkylation sites (N-methyl/N-ethyl adjacent to an activating group) is 1. The first kappa shape index (κ1) is 21.8. The molecule has 3 N–H and O–H groups in total. The number of rotatable bonds is 6. The van der Waals surface area contributed by atoms with Gasteiger partial charge in [0.2, 0.25) is 17.8 Å². The molecule has 174 valence electrons. The maximum atomic E-state index is 14.5. The minimum absolute atomic E-state index is 0.0246. The van der Waals surface area contributed by atoms with Crippen molar-refractivity contribution in [3.63, 3.8) is 0 Å². The van der Waals surface area contributed by atoms with Crippen LogP contribution in [-0.2, 0) is 15.0 Å². The first-order valence-electron chi connectivity index (χ1n) is 11.1. The summed E-state index contributed by atoms with van der Waals surface area (Å²) in [4.78, 5) is 34.7. The summed E-state index contributed by atoms with van der Waals surface area (Å²) in [5, 5.41) is 8.94. The molecular weight excluding hydrogens is 435 g/mol. The molecule has 2 aromatic carbocycles. The number of benzene rings is 2. The Morgan fingerprint density at radius 1 is 1.12 bits per heavy atom. The first-order valence-corrected chi connectivity index (χ1v) is 11.1. The van der Waals surface area contributed by atoms with Gasteiger partial charge in [0.25, 0.3) is 0 Å². The second kappa shape index (κ2) is 8.09. The van der Waals surface area contributed by atoms with Crippen molar-refractivity contribution in [3.8, 4) is 0 Å². The minimum Gasteiger partial charge on any atom is -0.336 e. The summed E-state index contributed by atoms with van der Waals surface area (Å²) >= 11 is 0. The second-order valence-electron chi connectivity index (χ2n) is 9.17. The molecule has 8 nitrogen and oxygen atoms in total. The quantitative estimate of drug-likeness (QED) is 0.493. The van der Waals surface area contributed by atoms with Gasteiger partial charge in [0.15, 0.2) is 11.6 Å². The number of hydrogen-bond donors (Lipinski definition) is 3. The van der Waals surface area contributed by atoms with Crippen LogP contribution in [-0.4, -0.2) is 28.8 Å². The number of hydrogen-bond acceptors (Lipinski definition) is 6. The fraction of sp³-hybridized carbons (Fsp3) is 0.280. The summed E-state index contributed by atoms with van der Waals surface area (Å²) in [6, 6.07) is 12.7. The van der Waals surface area contributed by atoms with Gasteiger partial charge >= 0.3 is 0 Å². The summed E-state index contributed by atoms with van der Waals surface area (Å²) in [5.41, 5.74) is 2.92. The number of anilines is 6. The van der Waals surface area contributed by atoms with Crippen LogP contribution in [0.25, 0.3) is 0 Å². The molecule has 0 bridgehead atoms. The number of halogens is 1. The van der Waals surface area contributed by atoms with Crippen molar-refractivity contribution in [2.75, 3.05) is 27.9 Å². The summed E-state index contributed by atoms with van der Waals surface area (Å²) < 4.78 is 14.5. The largest absolute Gasteiger partial charge is 0.336 e. The maximum Gasteiger partial charge on any atom is 0.236 e. The van der Waals surface area contributed by atoms with Crippen LogP contribution in [0.1, 0.15) is 32.3 Å². The van der Waals surface area contributed by atoms with Gasteiger partial charge in [-0.2, -0.15) is 4.98 Å². The van der Waals surface area contributed by atoms with Gasteiger partial charge in [-0.3, -0.25) is 9.59 Å². The van der Waals surface area contributed by atoms with Crippen molar-refractivity contribution >= 4 is 46.3 Å². The van der Waals surface area contributed by atoms with Gasteiger partial charge < -0.3 is 20.9 Å². The van der Waals surface area contributed by atoms with E-state index in [9.17, 15) is 14.0 Å². The fourth-order valence-electron chi connectivity index (χ4n) is 4.11. The molecule has 2 amide bonds. The maximum absolute atomic E-state index is 14.5. The van der Waals surface area contributed by atoms with E-state index in [0.717, 1.165) is 30.3 Å². The number of nitrogens with one attached hydrogen (secondary N) is 3. The number of carbonyl (C=O) groups excluding carboxylic acids is 2. The van der Waals surface area contributed by atoms with E-state index in [4.69, 9.17) is 0 Å². The van der Waals surface area contributed by atoms with Crippen LogP contribution in [0.4, 0.5) is 38.9 Å². The van der Waals surface area contributed by atoms with Gasteiger partial charge in [-0.15, -0.1) is 0 Å². The third kappa shape index (κ3) is 3.93. The van der Waals surface area contributed by atoms with Crippen molar-refractivity contribution in [1.29, 1.82) is 0 Å². The predicted octanol–water partition coefficient (Wildman–Crippen LogP) is 4.71. The highest BCUT2D eigenvalue weighted by Crippen LogP contribution is 2.42. The number of amides is 2. The molecule has 1 aromatic heterocycles. The Morgan fingerprint density at radius 2 is 1.85 bits per heavy atom. The zero-order valence-electron chi connectivity index (χ0n) is 19.1. The van der Waals surface area contributed by atoms with Crippen molar-refractivity contribution in [2.45, 2.75) is 32.1 Å². The van der Waals surface area contributed by atoms with Crippen LogP contribution in [0.2, 0.25) is 0 Å². The van der Waals surface area contributed by atoms with E-state index < -0.39 is 11.2 Å². The molecule has 2 aliphatic rings. The van der Waals surface area contributed by atoms with E-state index in [1.54, 1.807) is 36.2 Å². The van der Waals surface area contributed by atoms with Gasteiger partial charge in [-0.1, -0.05) is 18.2 Å². The Morgan fingerprint density at radius 3 is 2.59 bits per heavy atom. The van der Waals surface area contributed by atoms with E-state index >= 15 is 0 Å². The van der Waals surface area contributed by atoms with Crippen LogP contribution >= 0.6 is 0 Å². The number of para-hydroxylation sites is 2. The molecule has 1 aliphatic carbocycles. The number of carbonyl (C=O) groups is 2. The standard InChI is InChI=1S/C25H25FN6O2/c1-25(2)16-11-10-15(12-20(16)32(3)23(25)34)28-24-27-13-17(26)21(31-24)29-18-6-4-5-7-19(18)30-22(33)14-8-9-14/h4-7,10-14H,8-9H2,1-3H3,(H,30,33)(H2,27,28,29,31). The molecule has 0 unspecified atom stereocenters. The zero-order valence-corrected chi connectivity index (χ0v) is 19.1. The van der Waals surface area contributed by atoms with Gasteiger partial charge in [0.05, 0.1) is 23.0 Å². The lowest BCUT2D eigenvalue weighted by Crippen LogP contribution is -2.33. The topological polar surface area (TPSA) is 99.3 Å². The van der Waals surface area contributed by atoms with Gasteiger partial charge in [0.1, 0.15) is 0 Å². The molecule has 3 aromatic rings. The lowest BCUT2D eigenvalue weighted by atomic mass is 9.86. The van der Waals surface area contributed by atoms with Crippen LogP contribution in [0.15, 0.2) is 48.7 Å². The molecule has 0 radical (unpaired) electrons. The Labute approximate surface area is 196 Å². The van der Waals surface area contributed by atoms with Crippen molar-refractivity contribution in [2.24, 2.45) is 5.92 Å². The average molecular weight is 461 g/mol. The van der Waals surface area contributed by atoms with Crippen LogP contribution in [0.5, 0.6) is 0 Å². The molecular formula is C25H25FN6O2. The molecule has 34 heavy (non-hydrogen) atoms. The zero-order chi connectivity index (χ0) is 24.0. The van der Waals surface area contributed by atoms with Crippen LogP contribution < -0.4 is 20.9 Å². The van der Waals surface area contributed by atoms with Crippen molar-refractivity contribution in [1.82, 2.24) is 9.97 Å². The lowest BCUT2D eigenvalue weighted by molar-refractivity contribution is -0.121. The fourth-order valence-corrected chi connectivity index (χ4v) is 4.11. The molecule has 0 spiro atoms. The third-order valence-electron chi connectivity index (χ3n) is 6.26. The molecule has 5 rings (SSSR count). The van der Waals surface area contributed by atoms with E-state index in [-0.39, 0.29) is 29.5 Å². The Kier molecular flexibility index (Phi) is 5.19. The number of aromatic nitrogens is 2. The van der Waals surface area contributed by atoms with Crippen molar-refractivity contribution < 1.29 is 14.0 Å². The monoisotopic (exact) mass is 460 g/mol. The summed E-state index contributed by atoms with van der Waals surface area (Å²) in [7, 11) is 1.75. The minimum atomic E-state index is -0.630. The molecule has 9 heteroatoms. The normalized spacial score (nSPS) is 16.2. The van der Waals surface area contributed by atoms with Crippen LogP contribution in [0.3, 0.4) is 0 Å². The highest BCUT2D eigenvalue weighted by atomic mass is 19.1. The summed E-state index contributed by atoms with van der Waals surface area (Å²) in [6.07, 6.45) is 2.86. The Balaban J connectivity index is 1.38. The average Bonchev–Trinajstić information content (AvgIpc) is 3.65. The SMILES string of the molecule is CN1C(=O)C(C)(C)c2ccc(Nc3ncc(F)c(Nc4ccccc4NC(=O)C4CC4)n3)cc21. The molecule has 0 saturated heterocycles. The first-order chi connectivity index (χ1) is 16.2. The van der Waals surface area contributed by atoms with Crippen molar-refractivity contribution in [3.05, 3.63) is 60.0 Å². The number of nitrogens with zero attached hydrogens (tertiary/aromatic N) is 3. The second-order valence-corrected chi connectivity index (χ2v) is 9.17. The Hall–Kier alpha value is -4.01. The van der Waals surface area contributed by atoms with E-state index in [0.29, 0.717) is 17.1 Å². The van der Waals surface area contributed by atoms with Gasteiger partial charge in [-0.05, 0) is 56.5 Å². The summed E-state index contributed by atoms with van der Waals surface area (Å²) in [6.45, 7) is 3.80.